The van der Waals surface area contributed by atoms with E-state index in [0.29, 0.717) is 11.4 Å². The smallest absolute Gasteiger partial charge is 0.270 e. The van der Waals surface area contributed by atoms with Gasteiger partial charge in [-0.2, -0.15) is 5.10 Å². The molecule has 0 atom stereocenters. The normalized spacial score (nSPS) is 10.2. The first kappa shape index (κ1) is 13.5. The summed E-state index contributed by atoms with van der Waals surface area (Å²) in [7, 11) is 1.70. The third-order valence-electron chi connectivity index (χ3n) is 2.82. The van der Waals surface area contributed by atoms with Gasteiger partial charge in [-0.3, -0.25) is 19.6 Å². The van der Waals surface area contributed by atoms with Gasteiger partial charge in [0.1, 0.15) is 5.82 Å². The number of non-ortho nitro benzene ring substituents is 1. The number of rotatable bonds is 4. The van der Waals surface area contributed by atoms with Crippen molar-refractivity contribution in [2.45, 2.75) is 6.54 Å². The zero-order chi connectivity index (χ0) is 14.7. The number of hydrogen-bond donors (Lipinski definition) is 2. The largest absolute Gasteiger partial charge is 0.384 e. The van der Waals surface area contributed by atoms with Crippen molar-refractivity contribution in [1.82, 2.24) is 15.1 Å². The molecule has 0 aliphatic heterocycles. The van der Waals surface area contributed by atoms with Crippen molar-refractivity contribution in [3.8, 4) is 0 Å². The van der Waals surface area contributed by atoms with E-state index >= 15 is 0 Å². The lowest BCUT2D eigenvalue weighted by Gasteiger charge is -2.04. The van der Waals surface area contributed by atoms with E-state index in [-0.39, 0.29) is 17.8 Å². The van der Waals surface area contributed by atoms with Crippen molar-refractivity contribution in [3.63, 3.8) is 0 Å². The molecular weight excluding hydrogens is 262 g/mol. The number of nitrogens with two attached hydrogens (primary N) is 1. The molecule has 0 aliphatic rings. The Morgan fingerprint density at radius 3 is 2.90 bits per heavy atom. The molecular formula is C12H13N5O3. The molecule has 8 heteroatoms. The molecule has 1 aromatic heterocycles. The molecule has 20 heavy (non-hydrogen) atoms. The van der Waals surface area contributed by atoms with Crippen molar-refractivity contribution in [2.75, 3.05) is 5.73 Å². The molecule has 0 saturated heterocycles. The van der Waals surface area contributed by atoms with Crippen molar-refractivity contribution < 1.29 is 9.72 Å². The average molecular weight is 275 g/mol. The molecule has 0 radical (unpaired) electrons. The number of aromatic nitrogens is 2. The summed E-state index contributed by atoms with van der Waals surface area (Å²) in [4.78, 5) is 22.0. The Hall–Kier alpha value is -2.90. The fourth-order valence-electron chi connectivity index (χ4n) is 1.67. The van der Waals surface area contributed by atoms with Crippen LogP contribution in [0.2, 0.25) is 0 Å². The molecule has 0 saturated carbocycles. The van der Waals surface area contributed by atoms with Crippen molar-refractivity contribution >= 4 is 17.4 Å². The molecule has 1 heterocycles. The molecule has 0 fully saturated rings. The second kappa shape index (κ2) is 5.39. The Kier molecular flexibility index (Phi) is 3.65. The van der Waals surface area contributed by atoms with Crippen LogP contribution in [-0.2, 0) is 13.6 Å². The van der Waals surface area contributed by atoms with E-state index < -0.39 is 10.8 Å². The summed E-state index contributed by atoms with van der Waals surface area (Å²) >= 11 is 0. The van der Waals surface area contributed by atoms with E-state index in [1.165, 1.54) is 28.9 Å². The number of aryl methyl sites for hydroxylation is 1. The number of carbonyl (C=O) groups is 1. The lowest BCUT2D eigenvalue weighted by molar-refractivity contribution is -0.384. The van der Waals surface area contributed by atoms with Gasteiger partial charge in [0.2, 0.25) is 0 Å². The third-order valence-corrected chi connectivity index (χ3v) is 2.82. The van der Waals surface area contributed by atoms with E-state index in [4.69, 9.17) is 5.73 Å². The molecule has 104 valence electrons. The molecule has 1 aromatic carbocycles. The number of anilines is 1. The number of nitrogens with one attached hydrogen (secondary N) is 1. The predicted molar refractivity (Wildman–Crippen MR) is 71.9 cm³/mol. The molecule has 3 N–H and O–H groups in total. The highest BCUT2D eigenvalue weighted by Crippen LogP contribution is 2.13. The molecule has 0 aliphatic carbocycles. The molecule has 0 unspecified atom stereocenters. The van der Waals surface area contributed by atoms with Gasteiger partial charge >= 0.3 is 0 Å². The van der Waals surface area contributed by atoms with E-state index in [1.807, 2.05) is 0 Å². The second-order valence-corrected chi connectivity index (χ2v) is 4.17. The minimum Gasteiger partial charge on any atom is -0.384 e. The highest BCUT2D eigenvalue weighted by molar-refractivity contribution is 5.94. The van der Waals surface area contributed by atoms with Gasteiger partial charge in [-0.1, -0.05) is 6.07 Å². The highest BCUT2D eigenvalue weighted by atomic mass is 16.6. The van der Waals surface area contributed by atoms with Crippen LogP contribution in [0.25, 0.3) is 0 Å². The van der Waals surface area contributed by atoms with Gasteiger partial charge in [0, 0.05) is 36.9 Å². The van der Waals surface area contributed by atoms with Gasteiger partial charge < -0.3 is 11.1 Å². The van der Waals surface area contributed by atoms with Crippen LogP contribution in [0.3, 0.4) is 0 Å². The maximum atomic E-state index is 11.9. The Balaban J connectivity index is 2.07. The van der Waals surface area contributed by atoms with Crippen LogP contribution >= 0.6 is 0 Å². The summed E-state index contributed by atoms with van der Waals surface area (Å²) < 4.78 is 1.49. The molecule has 0 bridgehead atoms. The van der Waals surface area contributed by atoms with Crippen molar-refractivity contribution in [3.05, 3.63) is 51.7 Å². The Bertz CT molecular complexity index is 665. The van der Waals surface area contributed by atoms with Gasteiger partial charge in [-0.25, -0.2) is 0 Å². The van der Waals surface area contributed by atoms with Crippen molar-refractivity contribution in [2.24, 2.45) is 7.05 Å². The van der Waals surface area contributed by atoms with E-state index in [9.17, 15) is 14.9 Å². The predicted octanol–water partition coefficient (Wildman–Crippen LogP) is 0.841. The first-order valence-electron chi connectivity index (χ1n) is 5.78. The SMILES string of the molecule is Cn1ncc(CNC(=O)c2cccc([N+](=O)[O-])c2)c1N. The summed E-state index contributed by atoms with van der Waals surface area (Å²) in [5.74, 6) is 0.0568. The Morgan fingerprint density at radius 2 is 2.30 bits per heavy atom. The van der Waals surface area contributed by atoms with Crippen LogP contribution in [0.4, 0.5) is 11.5 Å². The minimum atomic E-state index is -0.546. The molecule has 2 rings (SSSR count). The third kappa shape index (κ3) is 2.74. The second-order valence-electron chi connectivity index (χ2n) is 4.17. The number of nitro groups is 1. The summed E-state index contributed by atoms with van der Waals surface area (Å²) in [5, 5.41) is 17.2. The van der Waals surface area contributed by atoms with Gasteiger partial charge in [0.25, 0.3) is 11.6 Å². The summed E-state index contributed by atoms with van der Waals surface area (Å²) in [6.45, 7) is 0.210. The standard InChI is InChI=1S/C12H13N5O3/c1-16-11(13)9(7-15-16)6-14-12(18)8-3-2-4-10(5-8)17(19)20/h2-5,7H,6,13H2,1H3,(H,14,18). The first-order chi connectivity index (χ1) is 9.49. The molecule has 2 aromatic rings. The number of carbonyl (C=O) groups excluding carboxylic acids is 1. The van der Waals surface area contributed by atoms with Crippen LogP contribution in [0.1, 0.15) is 15.9 Å². The fourth-order valence-corrected chi connectivity index (χ4v) is 1.67. The number of nitro benzene ring substituents is 1. The number of amides is 1. The van der Waals surface area contributed by atoms with Crippen molar-refractivity contribution in [1.29, 1.82) is 0 Å². The monoisotopic (exact) mass is 275 g/mol. The topological polar surface area (TPSA) is 116 Å². The van der Waals surface area contributed by atoms with Gasteiger partial charge in [0.05, 0.1) is 11.1 Å². The highest BCUT2D eigenvalue weighted by Gasteiger charge is 2.12. The van der Waals surface area contributed by atoms with Crippen LogP contribution in [0.15, 0.2) is 30.5 Å². The molecule has 8 nitrogen and oxygen atoms in total. The van der Waals surface area contributed by atoms with E-state index in [1.54, 1.807) is 13.2 Å². The molecule has 1 amide bonds. The summed E-state index contributed by atoms with van der Waals surface area (Å²) in [6.07, 6.45) is 1.56. The first-order valence-corrected chi connectivity index (χ1v) is 5.78. The summed E-state index contributed by atoms with van der Waals surface area (Å²) in [6, 6.07) is 5.53. The zero-order valence-corrected chi connectivity index (χ0v) is 10.7. The lowest BCUT2D eigenvalue weighted by atomic mass is 10.2. The fraction of sp³-hybridized carbons (Fsp3) is 0.167. The number of nitrogens with zero attached hydrogens (tertiary/aromatic N) is 3. The Morgan fingerprint density at radius 1 is 1.55 bits per heavy atom. The van der Waals surface area contributed by atoms with Crippen LogP contribution in [-0.4, -0.2) is 20.6 Å². The minimum absolute atomic E-state index is 0.126. The molecule has 0 spiro atoms. The number of benzene rings is 1. The lowest BCUT2D eigenvalue weighted by Crippen LogP contribution is -2.23. The maximum Gasteiger partial charge on any atom is 0.270 e. The van der Waals surface area contributed by atoms with Crippen LogP contribution < -0.4 is 11.1 Å². The van der Waals surface area contributed by atoms with Gasteiger partial charge in [0.15, 0.2) is 0 Å². The number of nitrogen functional groups attached to an aromatic ring is 1. The van der Waals surface area contributed by atoms with E-state index in [2.05, 4.69) is 10.4 Å². The summed E-state index contributed by atoms with van der Waals surface area (Å²) in [5.41, 5.74) is 6.53. The van der Waals surface area contributed by atoms with Gasteiger partial charge in [-0.05, 0) is 6.07 Å². The van der Waals surface area contributed by atoms with Crippen LogP contribution in [0, 0.1) is 10.1 Å². The maximum absolute atomic E-state index is 11.9. The average Bonchev–Trinajstić information content (AvgIpc) is 2.76. The van der Waals surface area contributed by atoms with Gasteiger partial charge in [-0.15, -0.1) is 0 Å². The zero-order valence-electron chi connectivity index (χ0n) is 10.7. The quantitative estimate of drug-likeness (QED) is 0.633. The number of hydrogen-bond acceptors (Lipinski definition) is 5. The Labute approximate surface area is 114 Å². The van der Waals surface area contributed by atoms with Crippen LogP contribution in [0.5, 0.6) is 0 Å². The van der Waals surface area contributed by atoms with E-state index in [0.717, 1.165) is 0 Å².